The van der Waals surface area contributed by atoms with Crippen molar-refractivity contribution in [1.29, 1.82) is 0 Å². The van der Waals surface area contributed by atoms with Crippen molar-refractivity contribution in [3.63, 3.8) is 0 Å². The summed E-state index contributed by atoms with van der Waals surface area (Å²) in [6.45, 7) is 0. The standard InChI is InChI=1S/C12H14FNO3/c1-15-12(16-2)10-7-17-11(14-10)8-3-5-9(13)6-4-8/h3,5-8,12H,4H2,1-2H3. The molecule has 1 aliphatic carbocycles. The molecule has 92 valence electrons. The first-order valence-electron chi connectivity index (χ1n) is 5.29. The summed E-state index contributed by atoms with van der Waals surface area (Å²) in [4.78, 5) is 4.28. The molecule has 0 fully saturated rings. The monoisotopic (exact) mass is 239 g/mol. The zero-order chi connectivity index (χ0) is 12.3. The fraction of sp³-hybridized carbons (Fsp3) is 0.417. The third kappa shape index (κ3) is 2.62. The fourth-order valence-corrected chi connectivity index (χ4v) is 1.69. The second kappa shape index (κ2) is 5.25. The van der Waals surface area contributed by atoms with Crippen molar-refractivity contribution in [2.24, 2.45) is 0 Å². The lowest BCUT2D eigenvalue weighted by atomic mass is 10.0. The van der Waals surface area contributed by atoms with Gasteiger partial charge in [-0.2, -0.15) is 0 Å². The lowest BCUT2D eigenvalue weighted by Crippen LogP contribution is -2.05. The molecule has 5 heteroatoms. The van der Waals surface area contributed by atoms with E-state index >= 15 is 0 Å². The molecule has 0 radical (unpaired) electrons. The third-order valence-corrected chi connectivity index (χ3v) is 2.58. The second-order valence-electron chi connectivity index (χ2n) is 3.70. The van der Waals surface area contributed by atoms with Gasteiger partial charge < -0.3 is 13.9 Å². The predicted molar refractivity (Wildman–Crippen MR) is 59.0 cm³/mol. The van der Waals surface area contributed by atoms with Crippen molar-refractivity contribution >= 4 is 0 Å². The van der Waals surface area contributed by atoms with Gasteiger partial charge in [-0.15, -0.1) is 0 Å². The summed E-state index contributed by atoms with van der Waals surface area (Å²) >= 11 is 0. The Hall–Kier alpha value is -1.46. The smallest absolute Gasteiger partial charge is 0.203 e. The molecule has 1 aromatic rings. The largest absolute Gasteiger partial charge is 0.448 e. The number of hydrogen-bond donors (Lipinski definition) is 0. The van der Waals surface area contributed by atoms with Gasteiger partial charge in [0, 0.05) is 14.2 Å². The Morgan fingerprint density at radius 1 is 1.47 bits per heavy atom. The summed E-state index contributed by atoms with van der Waals surface area (Å²) in [6.07, 6.45) is 6.18. The third-order valence-electron chi connectivity index (χ3n) is 2.58. The Morgan fingerprint density at radius 3 is 2.82 bits per heavy atom. The Bertz CT molecular complexity index is 435. The molecule has 17 heavy (non-hydrogen) atoms. The van der Waals surface area contributed by atoms with Crippen LogP contribution in [0.3, 0.4) is 0 Å². The highest BCUT2D eigenvalue weighted by molar-refractivity contribution is 5.23. The van der Waals surface area contributed by atoms with Gasteiger partial charge in [-0.3, -0.25) is 0 Å². The van der Waals surface area contributed by atoms with Crippen LogP contribution in [0.1, 0.15) is 30.2 Å². The lowest BCUT2D eigenvalue weighted by Gasteiger charge is -2.10. The van der Waals surface area contributed by atoms with Crippen LogP contribution in [0.4, 0.5) is 4.39 Å². The topological polar surface area (TPSA) is 44.5 Å². The zero-order valence-electron chi connectivity index (χ0n) is 9.72. The summed E-state index contributed by atoms with van der Waals surface area (Å²) < 4.78 is 28.3. The van der Waals surface area contributed by atoms with Crippen LogP contribution in [0.2, 0.25) is 0 Å². The minimum absolute atomic E-state index is 0.0300. The van der Waals surface area contributed by atoms with E-state index in [1.165, 1.54) is 32.6 Å². The molecular formula is C12H14FNO3. The van der Waals surface area contributed by atoms with Gasteiger partial charge in [-0.05, 0) is 18.6 Å². The molecule has 0 saturated heterocycles. The molecule has 0 N–H and O–H groups in total. The number of ether oxygens (including phenoxy) is 2. The van der Waals surface area contributed by atoms with Crippen LogP contribution in [0, 0.1) is 0 Å². The number of halogens is 1. The van der Waals surface area contributed by atoms with Crippen LogP contribution in [0.15, 0.2) is 34.7 Å². The predicted octanol–water partition coefficient (Wildman–Crippen LogP) is 2.86. The van der Waals surface area contributed by atoms with E-state index in [0.29, 0.717) is 18.0 Å². The minimum atomic E-state index is -0.535. The van der Waals surface area contributed by atoms with E-state index in [1.54, 1.807) is 6.08 Å². The first kappa shape index (κ1) is 12.0. The van der Waals surface area contributed by atoms with Crippen molar-refractivity contribution in [3.8, 4) is 0 Å². The highest BCUT2D eigenvalue weighted by atomic mass is 19.1. The highest BCUT2D eigenvalue weighted by Crippen LogP contribution is 2.28. The van der Waals surface area contributed by atoms with Crippen molar-refractivity contribution in [3.05, 3.63) is 41.9 Å². The minimum Gasteiger partial charge on any atom is -0.448 e. The molecule has 0 aliphatic heterocycles. The molecule has 0 bridgehead atoms. The average molecular weight is 239 g/mol. The van der Waals surface area contributed by atoms with Crippen molar-refractivity contribution in [2.75, 3.05) is 14.2 Å². The number of allylic oxidation sites excluding steroid dienone is 4. The molecule has 1 aromatic heterocycles. The van der Waals surface area contributed by atoms with Gasteiger partial charge in [0.2, 0.25) is 12.2 Å². The van der Waals surface area contributed by atoms with Gasteiger partial charge in [0.25, 0.3) is 0 Å². The summed E-state index contributed by atoms with van der Waals surface area (Å²) in [6, 6.07) is 0. The maximum absolute atomic E-state index is 12.8. The number of oxazole rings is 1. The van der Waals surface area contributed by atoms with Crippen molar-refractivity contribution in [2.45, 2.75) is 18.6 Å². The molecular weight excluding hydrogens is 225 g/mol. The number of hydrogen-bond acceptors (Lipinski definition) is 4. The summed E-state index contributed by atoms with van der Waals surface area (Å²) in [5.41, 5.74) is 0.577. The average Bonchev–Trinajstić information content (AvgIpc) is 2.81. The molecule has 1 unspecified atom stereocenters. The zero-order valence-corrected chi connectivity index (χ0v) is 9.72. The van der Waals surface area contributed by atoms with Gasteiger partial charge in [0.05, 0.1) is 5.92 Å². The van der Waals surface area contributed by atoms with Crippen molar-refractivity contribution in [1.82, 2.24) is 4.98 Å². The molecule has 0 amide bonds. The van der Waals surface area contributed by atoms with E-state index in [-0.39, 0.29) is 11.7 Å². The molecule has 2 rings (SSSR count). The Kier molecular flexibility index (Phi) is 3.71. The number of aromatic nitrogens is 1. The van der Waals surface area contributed by atoms with E-state index in [9.17, 15) is 4.39 Å². The second-order valence-corrected chi connectivity index (χ2v) is 3.70. The molecule has 0 spiro atoms. The molecule has 0 aromatic carbocycles. The van der Waals surface area contributed by atoms with E-state index in [0.717, 1.165) is 0 Å². The lowest BCUT2D eigenvalue weighted by molar-refractivity contribution is -0.108. The fourth-order valence-electron chi connectivity index (χ4n) is 1.69. The Balaban J connectivity index is 2.11. The number of methoxy groups -OCH3 is 2. The van der Waals surface area contributed by atoms with Gasteiger partial charge in [-0.25, -0.2) is 9.37 Å². The maximum Gasteiger partial charge on any atom is 0.203 e. The van der Waals surface area contributed by atoms with Gasteiger partial charge >= 0.3 is 0 Å². The van der Waals surface area contributed by atoms with E-state index in [2.05, 4.69) is 4.98 Å². The van der Waals surface area contributed by atoms with Crippen LogP contribution in [-0.2, 0) is 9.47 Å². The van der Waals surface area contributed by atoms with Crippen molar-refractivity contribution < 1.29 is 18.3 Å². The van der Waals surface area contributed by atoms with Gasteiger partial charge in [0.1, 0.15) is 17.8 Å². The highest BCUT2D eigenvalue weighted by Gasteiger charge is 2.20. The molecule has 1 atom stereocenters. The van der Waals surface area contributed by atoms with Crippen LogP contribution in [0.25, 0.3) is 0 Å². The number of nitrogens with zero attached hydrogens (tertiary/aromatic N) is 1. The Morgan fingerprint density at radius 2 is 2.24 bits per heavy atom. The van der Waals surface area contributed by atoms with Crippen LogP contribution in [0.5, 0.6) is 0 Å². The van der Waals surface area contributed by atoms with E-state index in [1.807, 2.05) is 0 Å². The van der Waals surface area contributed by atoms with E-state index in [4.69, 9.17) is 13.9 Å². The molecule has 1 heterocycles. The molecule has 1 aliphatic rings. The van der Waals surface area contributed by atoms with Crippen LogP contribution < -0.4 is 0 Å². The first-order chi connectivity index (χ1) is 8.24. The summed E-state index contributed by atoms with van der Waals surface area (Å²) in [7, 11) is 3.06. The molecule has 4 nitrogen and oxygen atoms in total. The maximum atomic E-state index is 12.8. The SMILES string of the molecule is COC(OC)c1coc(C2C=CC(F)=CC2)n1. The number of rotatable bonds is 4. The van der Waals surface area contributed by atoms with E-state index < -0.39 is 6.29 Å². The Labute approximate surface area is 98.7 Å². The molecule has 0 saturated carbocycles. The normalized spacial score (nSPS) is 19.8. The van der Waals surface area contributed by atoms with Gasteiger partial charge in [-0.1, -0.05) is 6.08 Å². The summed E-state index contributed by atoms with van der Waals surface area (Å²) in [5.74, 6) is 0.288. The van der Waals surface area contributed by atoms with Crippen LogP contribution in [-0.4, -0.2) is 19.2 Å². The quantitative estimate of drug-likeness (QED) is 0.758. The first-order valence-corrected chi connectivity index (χ1v) is 5.29. The van der Waals surface area contributed by atoms with Gasteiger partial charge in [0.15, 0.2) is 0 Å². The van der Waals surface area contributed by atoms with Crippen LogP contribution >= 0.6 is 0 Å². The summed E-state index contributed by atoms with van der Waals surface area (Å²) in [5, 5.41) is 0.